The van der Waals surface area contributed by atoms with Crippen LogP contribution in [0, 0.1) is 0 Å². The molecule has 3 aromatic rings. The number of aromatic nitrogens is 3. The average molecular weight is 384 g/mol. The summed E-state index contributed by atoms with van der Waals surface area (Å²) in [5.74, 6) is 0.788. The van der Waals surface area contributed by atoms with Crippen LogP contribution in [-0.2, 0) is 24.9 Å². The number of fused-ring (bicyclic) bond motifs is 1. The van der Waals surface area contributed by atoms with Gasteiger partial charge in [-0.25, -0.2) is 4.68 Å². The lowest BCUT2D eigenvalue weighted by Crippen LogP contribution is -2.31. The molecule has 1 heterocycles. The lowest BCUT2D eigenvalue weighted by atomic mass is 10.1. The smallest absolute Gasteiger partial charge is 0.136 e. The van der Waals surface area contributed by atoms with Crippen molar-refractivity contribution in [2.24, 2.45) is 12.7 Å². The minimum absolute atomic E-state index is 0.0251. The van der Waals surface area contributed by atoms with E-state index in [9.17, 15) is 0 Å². The molecule has 0 unspecified atom stereocenters. The summed E-state index contributed by atoms with van der Waals surface area (Å²) < 4.78 is 35.5. The summed E-state index contributed by atoms with van der Waals surface area (Å²) in [6.45, 7) is -1.54. The van der Waals surface area contributed by atoms with Crippen LogP contribution < -0.4 is 15.8 Å². The zero-order valence-electron chi connectivity index (χ0n) is 18.9. The number of benzene rings is 2. The minimum atomic E-state index is -2.42. The van der Waals surface area contributed by atoms with Crippen molar-refractivity contribution in [3.63, 3.8) is 0 Å². The fourth-order valence-electron chi connectivity index (χ4n) is 3.61. The largest absolute Gasteiger partial charge is 0.497 e. The Morgan fingerprint density at radius 1 is 1.25 bits per heavy atom. The molecule has 1 fully saturated rings. The Kier molecular flexibility index (Phi) is 4.46. The maximum Gasteiger partial charge on any atom is 0.136 e. The maximum atomic E-state index is 7.77. The molecule has 1 aromatic heterocycles. The van der Waals surface area contributed by atoms with E-state index in [1.165, 1.54) is 0 Å². The van der Waals surface area contributed by atoms with Gasteiger partial charge in [0.15, 0.2) is 0 Å². The van der Waals surface area contributed by atoms with E-state index in [-0.39, 0.29) is 12.1 Å². The van der Waals surface area contributed by atoms with Crippen LogP contribution in [0.15, 0.2) is 36.4 Å². The van der Waals surface area contributed by atoms with Gasteiger partial charge in [0.1, 0.15) is 11.3 Å². The standard InChI is InChI=1S/C21H27N5O2/c1-26-19-11-15(13-28-20-5-3-4-17(20)22)10-18(21(19)24-25-26)23-12-14-6-8-16(27-2)9-7-14/h6-11,17,20,23H,3-5,12-13,22H2,1-2H3/t17-,20-/m1/s1/i1D3. The number of hydrogen-bond acceptors (Lipinski definition) is 6. The van der Waals surface area contributed by atoms with E-state index in [1.54, 1.807) is 13.2 Å². The van der Waals surface area contributed by atoms with Gasteiger partial charge in [0.05, 0.1) is 31.0 Å². The monoisotopic (exact) mass is 384 g/mol. The van der Waals surface area contributed by atoms with Gasteiger partial charge >= 0.3 is 0 Å². The van der Waals surface area contributed by atoms with Gasteiger partial charge in [0.25, 0.3) is 0 Å². The van der Waals surface area contributed by atoms with E-state index in [1.807, 2.05) is 30.3 Å². The Bertz CT molecular complexity index is 1040. The van der Waals surface area contributed by atoms with Crippen molar-refractivity contribution in [2.45, 2.75) is 44.6 Å². The van der Waals surface area contributed by atoms with Gasteiger partial charge < -0.3 is 20.5 Å². The molecule has 148 valence electrons. The quantitative estimate of drug-likeness (QED) is 0.651. The second kappa shape index (κ2) is 8.16. The normalized spacial score (nSPS) is 21.3. The Labute approximate surface area is 169 Å². The van der Waals surface area contributed by atoms with Crippen LogP contribution in [0.5, 0.6) is 5.75 Å². The Morgan fingerprint density at radius 3 is 2.82 bits per heavy atom. The van der Waals surface area contributed by atoms with Crippen molar-refractivity contribution in [1.82, 2.24) is 15.0 Å². The molecule has 1 aliphatic rings. The highest BCUT2D eigenvalue weighted by Gasteiger charge is 2.24. The molecule has 2 aromatic carbocycles. The summed E-state index contributed by atoms with van der Waals surface area (Å²) in [4.78, 5) is 0. The Balaban J connectivity index is 1.60. The first kappa shape index (κ1) is 15.3. The van der Waals surface area contributed by atoms with Crippen LogP contribution in [0.25, 0.3) is 11.0 Å². The first-order chi connectivity index (χ1) is 14.8. The van der Waals surface area contributed by atoms with Crippen molar-refractivity contribution in [3.05, 3.63) is 47.5 Å². The molecule has 28 heavy (non-hydrogen) atoms. The van der Waals surface area contributed by atoms with Gasteiger partial charge in [-0.3, -0.25) is 0 Å². The molecular weight excluding hydrogens is 354 g/mol. The number of nitrogens with one attached hydrogen (secondary N) is 1. The number of nitrogens with zero attached hydrogens (tertiary/aromatic N) is 3. The van der Waals surface area contributed by atoms with Gasteiger partial charge in [-0.2, -0.15) is 0 Å². The molecule has 1 saturated carbocycles. The van der Waals surface area contributed by atoms with E-state index in [0.717, 1.165) is 40.8 Å². The van der Waals surface area contributed by atoms with Crippen LogP contribution in [0.2, 0.25) is 0 Å². The number of methoxy groups -OCH3 is 1. The molecule has 4 rings (SSSR count). The first-order valence-electron chi connectivity index (χ1n) is 11.0. The summed E-state index contributed by atoms with van der Waals surface area (Å²) in [6, 6.07) is 11.5. The lowest BCUT2D eigenvalue weighted by molar-refractivity contribution is 0.0358. The molecule has 7 heteroatoms. The SMILES string of the molecule is [2H]C([2H])([2H])n1nnc2c(NCc3ccc(OC)cc3)cc(CO[C@@H]3CCC[C@H]3N)cc21. The van der Waals surface area contributed by atoms with Gasteiger partial charge in [-0.15, -0.1) is 5.10 Å². The van der Waals surface area contributed by atoms with E-state index >= 15 is 0 Å². The van der Waals surface area contributed by atoms with Gasteiger partial charge in [0, 0.05) is 23.7 Å². The number of nitrogens with two attached hydrogens (primary N) is 1. The maximum absolute atomic E-state index is 7.77. The highest BCUT2D eigenvalue weighted by atomic mass is 16.5. The minimum Gasteiger partial charge on any atom is -0.497 e. The molecule has 0 radical (unpaired) electrons. The van der Waals surface area contributed by atoms with Crippen LogP contribution >= 0.6 is 0 Å². The van der Waals surface area contributed by atoms with Gasteiger partial charge in [-0.05, 0) is 54.7 Å². The van der Waals surface area contributed by atoms with Crippen molar-refractivity contribution >= 4 is 16.7 Å². The van der Waals surface area contributed by atoms with Crippen molar-refractivity contribution in [2.75, 3.05) is 12.4 Å². The van der Waals surface area contributed by atoms with Gasteiger partial charge in [-0.1, -0.05) is 17.3 Å². The van der Waals surface area contributed by atoms with E-state index in [0.29, 0.717) is 29.9 Å². The molecule has 7 nitrogen and oxygen atoms in total. The molecule has 0 amide bonds. The third-order valence-electron chi connectivity index (χ3n) is 5.22. The van der Waals surface area contributed by atoms with Crippen molar-refractivity contribution in [3.8, 4) is 5.75 Å². The highest BCUT2D eigenvalue weighted by molar-refractivity contribution is 5.88. The molecule has 2 atom stereocenters. The second-order valence-electron chi connectivity index (χ2n) is 7.16. The van der Waals surface area contributed by atoms with Crippen molar-refractivity contribution in [1.29, 1.82) is 0 Å². The zero-order chi connectivity index (χ0) is 22.0. The predicted molar refractivity (Wildman–Crippen MR) is 109 cm³/mol. The third kappa shape index (κ3) is 3.95. The number of ether oxygens (including phenoxy) is 2. The van der Waals surface area contributed by atoms with Gasteiger partial charge in [0.2, 0.25) is 0 Å². The fraction of sp³-hybridized carbons (Fsp3) is 0.429. The number of hydrogen-bond donors (Lipinski definition) is 2. The van der Waals surface area contributed by atoms with Crippen LogP contribution in [-0.4, -0.2) is 34.2 Å². The van der Waals surface area contributed by atoms with E-state index in [2.05, 4.69) is 15.6 Å². The number of rotatable bonds is 7. The Hall–Kier alpha value is -2.64. The highest BCUT2D eigenvalue weighted by Crippen LogP contribution is 2.26. The van der Waals surface area contributed by atoms with E-state index in [4.69, 9.17) is 19.3 Å². The predicted octanol–water partition coefficient (Wildman–Crippen LogP) is 2.99. The summed E-state index contributed by atoms with van der Waals surface area (Å²) >= 11 is 0. The van der Waals surface area contributed by atoms with Crippen molar-refractivity contribution < 1.29 is 13.6 Å². The molecule has 3 N–H and O–H groups in total. The fourth-order valence-corrected chi connectivity index (χ4v) is 3.61. The van der Waals surface area contributed by atoms with E-state index < -0.39 is 6.98 Å². The molecule has 0 bridgehead atoms. The lowest BCUT2D eigenvalue weighted by Gasteiger charge is -2.17. The summed E-state index contributed by atoms with van der Waals surface area (Å²) in [7, 11) is 1.63. The van der Waals surface area contributed by atoms with Crippen LogP contribution in [0.3, 0.4) is 0 Å². The molecular formula is C21H27N5O2. The molecule has 0 spiro atoms. The number of aryl methyl sites for hydroxylation is 1. The summed E-state index contributed by atoms with van der Waals surface area (Å²) in [6.07, 6.45) is 3.00. The summed E-state index contributed by atoms with van der Waals surface area (Å²) in [5.41, 5.74) is 9.66. The van der Waals surface area contributed by atoms with Crippen LogP contribution in [0.4, 0.5) is 5.69 Å². The first-order valence-corrected chi connectivity index (χ1v) is 9.48. The zero-order valence-corrected chi connectivity index (χ0v) is 15.9. The number of anilines is 1. The topological polar surface area (TPSA) is 87.2 Å². The third-order valence-corrected chi connectivity index (χ3v) is 5.22. The second-order valence-corrected chi connectivity index (χ2v) is 7.16. The summed E-state index contributed by atoms with van der Waals surface area (Å²) in [5, 5.41) is 11.4. The average Bonchev–Trinajstić information content (AvgIpc) is 3.36. The molecule has 1 aliphatic carbocycles. The Morgan fingerprint density at radius 2 is 2.11 bits per heavy atom. The van der Waals surface area contributed by atoms with Crippen LogP contribution in [0.1, 0.15) is 34.5 Å². The molecule has 0 saturated heterocycles. The molecule has 0 aliphatic heterocycles.